The van der Waals surface area contributed by atoms with Crippen molar-refractivity contribution in [3.05, 3.63) is 52.0 Å². The first-order valence-corrected chi connectivity index (χ1v) is 3.76. The third-order valence-corrected chi connectivity index (χ3v) is 1.73. The average Bonchev–Trinajstić information content (AvgIpc) is 2.27. The van der Waals surface area contributed by atoms with E-state index in [9.17, 15) is 10.0 Å². The lowest BCUT2D eigenvalue weighted by atomic mass is 10.2. The van der Waals surface area contributed by atoms with Crippen LogP contribution >= 0.6 is 0 Å². The van der Waals surface area contributed by atoms with Gasteiger partial charge >= 0.3 is 0 Å². The fraction of sp³-hybridized carbons (Fsp3) is 0. The van der Waals surface area contributed by atoms with Crippen LogP contribution in [0.3, 0.4) is 0 Å². The zero-order valence-electron chi connectivity index (χ0n) is 6.68. The Morgan fingerprint density at radius 1 is 1.31 bits per heavy atom. The van der Waals surface area contributed by atoms with Crippen LogP contribution in [0.25, 0.3) is 10.9 Å². The third kappa shape index (κ3) is 1.33. The van der Waals surface area contributed by atoms with Gasteiger partial charge in [-0.25, -0.2) is 0 Å². The van der Waals surface area contributed by atoms with Gasteiger partial charge in [-0.05, 0) is 10.9 Å². The molecule has 0 aliphatic rings. The van der Waals surface area contributed by atoms with Crippen LogP contribution in [0.15, 0.2) is 41.3 Å². The number of fused-ring (bicyclic) bond motifs is 1. The molecule has 0 aliphatic heterocycles. The maximum atomic E-state index is 11.2. The van der Waals surface area contributed by atoms with E-state index in [2.05, 4.69) is 5.10 Å². The van der Waals surface area contributed by atoms with Gasteiger partial charge in [-0.1, -0.05) is 12.1 Å². The predicted molar refractivity (Wildman–Crippen MR) is 47.0 cm³/mol. The second-order valence-electron chi connectivity index (χ2n) is 2.62. The molecule has 2 aromatic rings. The molecule has 0 amide bonds. The molecule has 13 heavy (non-hydrogen) atoms. The Balaban J connectivity index is 3.03. The quantitative estimate of drug-likeness (QED) is 0.424. The molecule has 0 fully saturated rings. The minimum absolute atomic E-state index is 0.272. The Morgan fingerprint density at radius 3 is 2.92 bits per heavy atom. The predicted octanol–water partition coefficient (Wildman–Crippen LogP) is 0.228. The summed E-state index contributed by atoms with van der Waals surface area (Å²) in [7, 11) is 0. The first kappa shape index (κ1) is 7.67. The van der Waals surface area contributed by atoms with Gasteiger partial charge in [-0.3, -0.25) is 4.79 Å². The van der Waals surface area contributed by atoms with Crippen molar-refractivity contribution in [2.75, 3.05) is 0 Å². The normalized spacial score (nSPS) is 10.2. The van der Waals surface area contributed by atoms with E-state index in [4.69, 9.17) is 0 Å². The number of rotatable bonds is 0. The van der Waals surface area contributed by atoms with Crippen molar-refractivity contribution in [1.29, 1.82) is 0 Å². The van der Waals surface area contributed by atoms with Crippen LogP contribution in [-0.4, -0.2) is 5.10 Å². The molecule has 0 unspecified atom stereocenters. The summed E-state index contributed by atoms with van der Waals surface area (Å²) in [5, 5.41) is 15.2. The van der Waals surface area contributed by atoms with Gasteiger partial charge in [0.2, 0.25) is 5.43 Å². The number of hydrogen-bond donors (Lipinski definition) is 0. The molecular formula is C9H6N2O2. The standard InChI is InChI=1S/C9H6N2O2/c12-8-5-7-3-1-2-4-9(7)11(13)10-6-8/h1-6H. The highest BCUT2D eigenvalue weighted by molar-refractivity contribution is 5.74. The van der Waals surface area contributed by atoms with Crippen LogP contribution in [0.2, 0.25) is 0 Å². The summed E-state index contributed by atoms with van der Waals surface area (Å²) in [6, 6.07) is 8.20. The number of hydrogen-bond acceptors (Lipinski definition) is 3. The number of aromatic nitrogens is 2. The molecule has 64 valence electrons. The van der Waals surface area contributed by atoms with E-state index >= 15 is 0 Å². The van der Waals surface area contributed by atoms with Crippen LogP contribution < -0.4 is 10.3 Å². The largest absolute Gasteiger partial charge is 0.594 e. The molecule has 4 nitrogen and oxygen atoms in total. The average molecular weight is 174 g/mol. The maximum Gasteiger partial charge on any atom is 0.252 e. The van der Waals surface area contributed by atoms with E-state index in [-0.39, 0.29) is 5.43 Å². The summed E-state index contributed by atoms with van der Waals surface area (Å²) in [5.41, 5.74) is 0.121. The molecule has 0 aliphatic carbocycles. The molecule has 4 heteroatoms. The highest BCUT2D eigenvalue weighted by atomic mass is 16.5. The Kier molecular flexibility index (Phi) is 1.66. The number of nitrogens with zero attached hydrogens (tertiary/aromatic N) is 2. The topological polar surface area (TPSA) is 56.9 Å². The zero-order chi connectivity index (χ0) is 9.26. The van der Waals surface area contributed by atoms with Gasteiger partial charge in [0.05, 0.1) is 5.39 Å². The number of benzene rings is 1. The van der Waals surface area contributed by atoms with E-state index in [0.717, 1.165) is 6.20 Å². The zero-order valence-corrected chi connectivity index (χ0v) is 6.68. The Hall–Kier alpha value is -1.97. The van der Waals surface area contributed by atoms with Crippen molar-refractivity contribution in [3.63, 3.8) is 0 Å². The molecular weight excluding hydrogens is 168 g/mol. The van der Waals surface area contributed by atoms with Crippen LogP contribution in [0.5, 0.6) is 0 Å². The molecule has 1 aromatic heterocycles. The van der Waals surface area contributed by atoms with E-state index in [1.54, 1.807) is 24.3 Å². The maximum absolute atomic E-state index is 11.2. The van der Waals surface area contributed by atoms with Gasteiger partial charge in [0.15, 0.2) is 0 Å². The summed E-state index contributed by atoms with van der Waals surface area (Å²) in [4.78, 5) is 11.5. The van der Waals surface area contributed by atoms with Crippen molar-refractivity contribution < 1.29 is 4.85 Å². The summed E-state index contributed by atoms with van der Waals surface area (Å²) in [5.74, 6) is 0. The molecule has 0 spiro atoms. The van der Waals surface area contributed by atoms with Gasteiger partial charge < -0.3 is 5.21 Å². The van der Waals surface area contributed by atoms with Gasteiger partial charge in [-0.2, -0.15) is 0 Å². The van der Waals surface area contributed by atoms with Crippen LogP contribution in [0.4, 0.5) is 0 Å². The lowest BCUT2D eigenvalue weighted by molar-refractivity contribution is -0.642. The van der Waals surface area contributed by atoms with Gasteiger partial charge in [0.1, 0.15) is 6.20 Å². The molecule has 0 saturated carbocycles. The van der Waals surface area contributed by atoms with Crippen molar-refractivity contribution in [2.24, 2.45) is 0 Å². The molecule has 2 rings (SSSR count). The fourth-order valence-corrected chi connectivity index (χ4v) is 1.15. The summed E-state index contributed by atoms with van der Waals surface area (Å²) < 4.78 is 0. The Labute approximate surface area is 73.7 Å². The first-order chi connectivity index (χ1) is 6.27. The lowest BCUT2D eigenvalue weighted by Gasteiger charge is -1.90. The highest BCUT2D eigenvalue weighted by Gasteiger charge is 2.00. The Bertz CT molecular complexity index is 511. The molecule has 0 N–H and O–H groups in total. The molecule has 1 aromatic carbocycles. The van der Waals surface area contributed by atoms with Crippen LogP contribution in [-0.2, 0) is 0 Å². The molecule has 0 bridgehead atoms. The van der Waals surface area contributed by atoms with Crippen molar-refractivity contribution in [3.8, 4) is 0 Å². The van der Waals surface area contributed by atoms with E-state index in [0.29, 0.717) is 15.7 Å². The van der Waals surface area contributed by atoms with E-state index < -0.39 is 0 Å². The SMILES string of the molecule is O=c1cn[n+]([O-])c2ccccc2c1. The second-order valence-corrected chi connectivity index (χ2v) is 2.62. The fourth-order valence-electron chi connectivity index (χ4n) is 1.15. The minimum atomic E-state index is -0.272. The van der Waals surface area contributed by atoms with Crippen molar-refractivity contribution in [2.45, 2.75) is 0 Å². The highest BCUT2D eigenvalue weighted by Crippen LogP contribution is 2.03. The summed E-state index contributed by atoms with van der Waals surface area (Å²) in [6.07, 6.45) is 1.01. The number of para-hydroxylation sites is 1. The van der Waals surface area contributed by atoms with E-state index in [1.165, 1.54) is 6.07 Å². The third-order valence-electron chi connectivity index (χ3n) is 1.73. The van der Waals surface area contributed by atoms with Crippen molar-refractivity contribution in [1.82, 2.24) is 5.10 Å². The Morgan fingerprint density at radius 2 is 2.08 bits per heavy atom. The first-order valence-electron chi connectivity index (χ1n) is 3.76. The van der Waals surface area contributed by atoms with E-state index in [1.807, 2.05) is 0 Å². The second kappa shape index (κ2) is 2.82. The van der Waals surface area contributed by atoms with Crippen molar-refractivity contribution >= 4 is 10.9 Å². The summed E-state index contributed by atoms with van der Waals surface area (Å²) in [6.45, 7) is 0. The molecule has 1 heterocycles. The molecule has 0 radical (unpaired) electrons. The molecule has 0 saturated heterocycles. The van der Waals surface area contributed by atoms with Gasteiger partial charge in [0.25, 0.3) is 5.52 Å². The lowest BCUT2D eigenvalue weighted by Crippen LogP contribution is -2.29. The minimum Gasteiger partial charge on any atom is -0.594 e. The van der Waals surface area contributed by atoms with Gasteiger partial charge in [-0.15, -0.1) is 0 Å². The smallest absolute Gasteiger partial charge is 0.252 e. The van der Waals surface area contributed by atoms with Crippen LogP contribution in [0, 0.1) is 5.21 Å². The monoisotopic (exact) mass is 174 g/mol. The van der Waals surface area contributed by atoms with Gasteiger partial charge in [0, 0.05) is 17.2 Å². The van der Waals surface area contributed by atoms with Crippen LogP contribution in [0.1, 0.15) is 0 Å². The summed E-state index contributed by atoms with van der Waals surface area (Å²) >= 11 is 0. The molecule has 0 atom stereocenters.